The predicted molar refractivity (Wildman–Crippen MR) is 73.6 cm³/mol. The summed E-state index contributed by atoms with van der Waals surface area (Å²) in [6.45, 7) is 2.40. The van der Waals surface area contributed by atoms with Gasteiger partial charge in [-0.05, 0) is 55.0 Å². The fraction of sp³-hybridized carbons (Fsp3) is 0.429. The van der Waals surface area contributed by atoms with Crippen molar-refractivity contribution >= 4 is 29.3 Å². The van der Waals surface area contributed by atoms with Crippen LogP contribution in [0, 0.1) is 0 Å². The van der Waals surface area contributed by atoms with Crippen LogP contribution in [0.25, 0.3) is 6.08 Å². The molecule has 1 aliphatic carbocycles. The molecule has 17 heavy (non-hydrogen) atoms. The van der Waals surface area contributed by atoms with Gasteiger partial charge in [-0.2, -0.15) is 0 Å². The SMILES string of the molecule is Clc1cc(Cl)c2c(c1)CCC(N1CCCC1)=C2. The Labute approximate surface area is 112 Å². The second kappa shape index (κ2) is 4.55. The van der Waals surface area contributed by atoms with Crippen molar-refractivity contribution in [3.63, 3.8) is 0 Å². The Morgan fingerprint density at radius 1 is 1.00 bits per heavy atom. The first kappa shape index (κ1) is 11.4. The molecule has 3 heteroatoms. The van der Waals surface area contributed by atoms with Crippen molar-refractivity contribution in [2.75, 3.05) is 13.1 Å². The maximum atomic E-state index is 6.27. The number of rotatable bonds is 1. The normalized spacial score (nSPS) is 19.2. The topological polar surface area (TPSA) is 3.24 Å². The highest BCUT2D eigenvalue weighted by atomic mass is 35.5. The van der Waals surface area contributed by atoms with E-state index in [0.29, 0.717) is 0 Å². The van der Waals surface area contributed by atoms with Gasteiger partial charge in [-0.3, -0.25) is 0 Å². The van der Waals surface area contributed by atoms with Gasteiger partial charge in [0.1, 0.15) is 0 Å². The van der Waals surface area contributed by atoms with Crippen LogP contribution in [-0.2, 0) is 6.42 Å². The number of hydrogen-bond acceptors (Lipinski definition) is 1. The summed E-state index contributed by atoms with van der Waals surface area (Å²) in [4.78, 5) is 2.49. The molecule has 0 atom stereocenters. The molecule has 1 nitrogen and oxygen atoms in total. The lowest BCUT2D eigenvalue weighted by atomic mass is 9.95. The van der Waals surface area contributed by atoms with E-state index in [2.05, 4.69) is 11.0 Å². The summed E-state index contributed by atoms with van der Waals surface area (Å²) in [5.41, 5.74) is 3.90. The van der Waals surface area contributed by atoms with Gasteiger partial charge in [0.05, 0.1) is 0 Å². The van der Waals surface area contributed by atoms with Crippen molar-refractivity contribution in [1.82, 2.24) is 4.90 Å². The largest absolute Gasteiger partial charge is 0.375 e. The molecule has 0 radical (unpaired) electrons. The van der Waals surface area contributed by atoms with Crippen molar-refractivity contribution in [3.8, 4) is 0 Å². The first-order valence-electron chi connectivity index (χ1n) is 6.17. The van der Waals surface area contributed by atoms with Crippen LogP contribution in [0.3, 0.4) is 0 Å². The maximum absolute atomic E-state index is 6.27. The van der Waals surface area contributed by atoms with Gasteiger partial charge >= 0.3 is 0 Å². The Bertz CT molecular complexity index is 473. The number of allylic oxidation sites excluding steroid dienone is 1. The molecule has 0 amide bonds. The molecule has 0 unspecified atom stereocenters. The van der Waals surface area contributed by atoms with Gasteiger partial charge < -0.3 is 4.90 Å². The molecule has 1 heterocycles. The second-order valence-electron chi connectivity index (χ2n) is 4.79. The van der Waals surface area contributed by atoms with Gasteiger partial charge in [-0.25, -0.2) is 0 Å². The average Bonchev–Trinajstić information content (AvgIpc) is 2.82. The molecular weight excluding hydrogens is 253 g/mol. The molecule has 2 aliphatic rings. The van der Waals surface area contributed by atoms with E-state index in [1.807, 2.05) is 12.1 Å². The fourth-order valence-electron chi connectivity index (χ4n) is 2.76. The highest BCUT2D eigenvalue weighted by Gasteiger charge is 2.20. The second-order valence-corrected chi connectivity index (χ2v) is 5.63. The highest BCUT2D eigenvalue weighted by molar-refractivity contribution is 6.35. The molecule has 0 saturated carbocycles. The molecule has 3 rings (SSSR count). The van der Waals surface area contributed by atoms with Crippen LogP contribution < -0.4 is 0 Å². The molecule has 0 aromatic heterocycles. The molecule has 1 aromatic rings. The highest BCUT2D eigenvalue weighted by Crippen LogP contribution is 2.34. The Morgan fingerprint density at radius 2 is 1.76 bits per heavy atom. The standard InChI is InChI=1S/C14H15Cl2N/c15-11-7-10-3-4-12(17-5-1-2-6-17)9-13(10)14(16)8-11/h7-9H,1-6H2. The predicted octanol–water partition coefficient (Wildman–Crippen LogP) is 4.38. The average molecular weight is 268 g/mol. The Hall–Kier alpha value is -0.660. The maximum Gasteiger partial charge on any atom is 0.0496 e. The Balaban J connectivity index is 1.98. The monoisotopic (exact) mass is 267 g/mol. The van der Waals surface area contributed by atoms with Crippen molar-refractivity contribution in [2.24, 2.45) is 0 Å². The molecule has 0 N–H and O–H groups in total. The van der Waals surface area contributed by atoms with E-state index in [9.17, 15) is 0 Å². The molecule has 1 saturated heterocycles. The first-order valence-corrected chi connectivity index (χ1v) is 6.93. The summed E-state index contributed by atoms with van der Waals surface area (Å²) >= 11 is 12.3. The van der Waals surface area contributed by atoms with E-state index in [-0.39, 0.29) is 0 Å². The van der Waals surface area contributed by atoms with Crippen LogP contribution in [0.5, 0.6) is 0 Å². The van der Waals surface area contributed by atoms with Gasteiger partial charge in [0.25, 0.3) is 0 Å². The van der Waals surface area contributed by atoms with Crippen LogP contribution in [-0.4, -0.2) is 18.0 Å². The molecule has 1 aliphatic heterocycles. The first-order chi connectivity index (χ1) is 8.24. The molecule has 1 aromatic carbocycles. The van der Waals surface area contributed by atoms with E-state index in [4.69, 9.17) is 23.2 Å². The van der Waals surface area contributed by atoms with Crippen molar-refractivity contribution in [1.29, 1.82) is 0 Å². The van der Waals surface area contributed by atoms with Crippen LogP contribution in [0.15, 0.2) is 17.8 Å². The van der Waals surface area contributed by atoms with Crippen molar-refractivity contribution in [3.05, 3.63) is 39.0 Å². The Kier molecular flexibility index (Phi) is 3.06. The molecule has 0 spiro atoms. The zero-order valence-corrected chi connectivity index (χ0v) is 11.2. The van der Waals surface area contributed by atoms with E-state index >= 15 is 0 Å². The smallest absolute Gasteiger partial charge is 0.0496 e. The number of fused-ring (bicyclic) bond motifs is 1. The molecule has 1 fully saturated rings. The summed E-state index contributed by atoms with van der Waals surface area (Å²) in [6, 6.07) is 3.88. The van der Waals surface area contributed by atoms with E-state index in [1.165, 1.54) is 42.8 Å². The Morgan fingerprint density at radius 3 is 2.53 bits per heavy atom. The third-order valence-corrected chi connectivity index (χ3v) is 4.18. The zero-order valence-electron chi connectivity index (χ0n) is 9.68. The van der Waals surface area contributed by atoms with Crippen LogP contribution in [0.1, 0.15) is 30.4 Å². The van der Waals surface area contributed by atoms with Crippen LogP contribution in [0.4, 0.5) is 0 Å². The van der Waals surface area contributed by atoms with Gasteiger partial charge in [-0.15, -0.1) is 0 Å². The van der Waals surface area contributed by atoms with Gasteiger partial charge in [0.2, 0.25) is 0 Å². The van der Waals surface area contributed by atoms with E-state index < -0.39 is 0 Å². The summed E-state index contributed by atoms with van der Waals surface area (Å²) < 4.78 is 0. The lowest BCUT2D eigenvalue weighted by molar-refractivity contribution is 0.411. The quantitative estimate of drug-likeness (QED) is 0.730. The van der Waals surface area contributed by atoms with Crippen molar-refractivity contribution in [2.45, 2.75) is 25.7 Å². The van der Waals surface area contributed by atoms with Gasteiger partial charge in [0, 0.05) is 28.8 Å². The van der Waals surface area contributed by atoms with E-state index in [0.717, 1.165) is 22.9 Å². The summed E-state index contributed by atoms with van der Waals surface area (Å²) in [5, 5.41) is 1.52. The summed E-state index contributed by atoms with van der Waals surface area (Å²) in [6.07, 6.45) is 7.06. The lowest BCUT2D eigenvalue weighted by Gasteiger charge is -2.26. The van der Waals surface area contributed by atoms with Gasteiger partial charge in [-0.1, -0.05) is 23.2 Å². The number of halogens is 2. The lowest BCUT2D eigenvalue weighted by Crippen LogP contribution is -2.20. The fourth-order valence-corrected chi connectivity index (χ4v) is 3.35. The van der Waals surface area contributed by atoms with Crippen molar-refractivity contribution < 1.29 is 0 Å². The molecule has 0 bridgehead atoms. The molecular formula is C14H15Cl2N. The van der Waals surface area contributed by atoms with Gasteiger partial charge in [0.15, 0.2) is 0 Å². The minimum atomic E-state index is 0.742. The molecule has 90 valence electrons. The van der Waals surface area contributed by atoms with E-state index in [1.54, 1.807) is 0 Å². The zero-order chi connectivity index (χ0) is 11.8. The third-order valence-electron chi connectivity index (χ3n) is 3.65. The minimum absolute atomic E-state index is 0.742. The number of benzene rings is 1. The third kappa shape index (κ3) is 2.19. The number of aryl methyl sites for hydroxylation is 1. The number of nitrogens with zero attached hydrogens (tertiary/aromatic N) is 1. The summed E-state index contributed by atoms with van der Waals surface area (Å²) in [5.74, 6) is 0. The number of likely N-dealkylation sites (tertiary alicyclic amines) is 1. The number of hydrogen-bond donors (Lipinski definition) is 0. The summed E-state index contributed by atoms with van der Waals surface area (Å²) in [7, 11) is 0. The minimum Gasteiger partial charge on any atom is -0.375 e. The van der Waals surface area contributed by atoms with Crippen LogP contribution in [0.2, 0.25) is 10.0 Å². The van der Waals surface area contributed by atoms with Crippen LogP contribution >= 0.6 is 23.2 Å².